The SMILES string of the molecule is C[C@H](NCC1CCN(C[C@H](O)c2ccccc2)CC1)c1cccnc1. The number of pyridine rings is 1. The first kappa shape index (κ1) is 18.1. The molecule has 0 saturated carbocycles. The Balaban J connectivity index is 1.39. The molecule has 1 aliphatic heterocycles. The molecule has 2 atom stereocenters. The highest BCUT2D eigenvalue weighted by atomic mass is 16.3. The summed E-state index contributed by atoms with van der Waals surface area (Å²) in [6, 6.07) is 14.4. The Kier molecular flexibility index (Phi) is 6.56. The Morgan fingerprint density at radius 1 is 1.12 bits per heavy atom. The molecule has 1 fully saturated rings. The highest BCUT2D eigenvalue weighted by Gasteiger charge is 2.22. The number of piperidine rings is 1. The molecule has 2 aromatic rings. The number of β-amino-alcohol motifs (C(OH)–C–C–N with tert-alkyl or cyclic N) is 1. The molecule has 3 rings (SSSR count). The Bertz CT molecular complexity index is 612. The lowest BCUT2D eigenvalue weighted by Crippen LogP contribution is -2.39. The van der Waals surface area contributed by atoms with E-state index < -0.39 is 0 Å². The number of nitrogens with one attached hydrogen (secondary N) is 1. The maximum atomic E-state index is 10.4. The topological polar surface area (TPSA) is 48.4 Å². The lowest BCUT2D eigenvalue weighted by molar-refractivity contribution is 0.0888. The predicted octanol–water partition coefficient (Wildman–Crippen LogP) is 3.18. The summed E-state index contributed by atoms with van der Waals surface area (Å²) in [7, 11) is 0. The first-order valence-electron chi connectivity index (χ1n) is 9.31. The summed E-state index contributed by atoms with van der Waals surface area (Å²) in [5.74, 6) is 0.712. The van der Waals surface area contributed by atoms with Crippen molar-refractivity contribution in [1.29, 1.82) is 0 Å². The molecule has 0 unspecified atom stereocenters. The molecule has 25 heavy (non-hydrogen) atoms. The third kappa shape index (κ3) is 5.36. The van der Waals surface area contributed by atoms with Crippen LogP contribution in [0.3, 0.4) is 0 Å². The molecular weight excluding hydrogens is 310 g/mol. The van der Waals surface area contributed by atoms with Gasteiger partial charge in [-0.15, -0.1) is 0 Å². The summed E-state index contributed by atoms with van der Waals surface area (Å²) in [5.41, 5.74) is 2.25. The fraction of sp³-hybridized carbons (Fsp3) is 0.476. The molecule has 0 bridgehead atoms. The van der Waals surface area contributed by atoms with Crippen LogP contribution in [0.2, 0.25) is 0 Å². The summed E-state index contributed by atoms with van der Waals surface area (Å²) < 4.78 is 0. The minimum Gasteiger partial charge on any atom is -0.387 e. The van der Waals surface area contributed by atoms with E-state index in [0.29, 0.717) is 12.0 Å². The zero-order valence-electron chi connectivity index (χ0n) is 15.0. The van der Waals surface area contributed by atoms with Crippen molar-refractivity contribution in [1.82, 2.24) is 15.2 Å². The first-order valence-corrected chi connectivity index (χ1v) is 9.31. The molecule has 1 aromatic carbocycles. The molecular formula is C21H29N3O. The molecule has 4 nitrogen and oxygen atoms in total. The van der Waals surface area contributed by atoms with Gasteiger partial charge in [-0.05, 0) is 62.5 Å². The molecule has 2 N–H and O–H groups in total. The van der Waals surface area contributed by atoms with Gasteiger partial charge in [-0.2, -0.15) is 0 Å². The van der Waals surface area contributed by atoms with Crippen molar-refractivity contribution in [2.75, 3.05) is 26.2 Å². The van der Waals surface area contributed by atoms with Crippen LogP contribution in [0.25, 0.3) is 0 Å². The van der Waals surface area contributed by atoms with Gasteiger partial charge in [0.05, 0.1) is 6.10 Å². The van der Waals surface area contributed by atoms with Gasteiger partial charge in [0.1, 0.15) is 0 Å². The first-order chi connectivity index (χ1) is 12.2. The standard InChI is InChI=1S/C21H29N3O/c1-17(20-8-5-11-22-15-20)23-14-18-9-12-24(13-10-18)16-21(25)19-6-3-2-4-7-19/h2-8,11,15,17-18,21,23,25H,9-10,12-14,16H2,1H3/t17-,21-/m0/s1. The number of aromatic nitrogens is 1. The van der Waals surface area contributed by atoms with Crippen LogP contribution in [0.1, 0.15) is 43.0 Å². The van der Waals surface area contributed by atoms with Crippen LogP contribution in [0, 0.1) is 5.92 Å². The number of benzene rings is 1. The summed E-state index contributed by atoms with van der Waals surface area (Å²) in [4.78, 5) is 6.58. The fourth-order valence-corrected chi connectivity index (χ4v) is 3.49. The van der Waals surface area contributed by atoms with Crippen molar-refractivity contribution in [3.63, 3.8) is 0 Å². The van der Waals surface area contributed by atoms with Crippen LogP contribution in [0.4, 0.5) is 0 Å². The quantitative estimate of drug-likeness (QED) is 0.813. The van der Waals surface area contributed by atoms with Crippen molar-refractivity contribution in [3.05, 3.63) is 66.0 Å². The number of aliphatic hydroxyl groups is 1. The largest absolute Gasteiger partial charge is 0.387 e. The molecule has 0 radical (unpaired) electrons. The summed E-state index contributed by atoms with van der Waals surface area (Å²) in [6.45, 7) is 6.11. The molecule has 1 saturated heterocycles. The van der Waals surface area contributed by atoms with Crippen molar-refractivity contribution in [2.45, 2.75) is 31.9 Å². The van der Waals surface area contributed by atoms with E-state index in [-0.39, 0.29) is 6.10 Å². The van der Waals surface area contributed by atoms with E-state index in [1.165, 1.54) is 18.4 Å². The Morgan fingerprint density at radius 3 is 2.52 bits per heavy atom. The highest BCUT2D eigenvalue weighted by molar-refractivity contribution is 5.17. The van der Waals surface area contributed by atoms with Crippen molar-refractivity contribution in [2.24, 2.45) is 5.92 Å². The molecule has 1 aliphatic rings. The van der Waals surface area contributed by atoms with E-state index in [4.69, 9.17) is 0 Å². The molecule has 134 valence electrons. The number of nitrogens with zero attached hydrogens (tertiary/aromatic N) is 2. The summed E-state index contributed by atoms with van der Waals surface area (Å²) >= 11 is 0. The monoisotopic (exact) mass is 339 g/mol. The summed E-state index contributed by atoms with van der Waals surface area (Å²) in [5, 5.41) is 14.0. The number of aliphatic hydroxyl groups excluding tert-OH is 1. The van der Waals surface area contributed by atoms with Gasteiger partial charge in [-0.1, -0.05) is 36.4 Å². The van der Waals surface area contributed by atoms with E-state index in [9.17, 15) is 5.11 Å². The maximum Gasteiger partial charge on any atom is 0.0916 e. The van der Waals surface area contributed by atoms with Crippen LogP contribution in [-0.2, 0) is 0 Å². The number of hydrogen-bond donors (Lipinski definition) is 2. The second-order valence-corrected chi connectivity index (χ2v) is 7.09. The third-order valence-electron chi connectivity index (χ3n) is 5.22. The number of rotatable bonds is 7. The van der Waals surface area contributed by atoms with Crippen molar-refractivity contribution < 1.29 is 5.11 Å². The Morgan fingerprint density at radius 2 is 1.84 bits per heavy atom. The molecule has 0 aliphatic carbocycles. The van der Waals surface area contributed by atoms with E-state index in [0.717, 1.165) is 31.7 Å². The second-order valence-electron chi connectivity index (χ2n) is 7.09. The van der Waals surface area contributed by atoms with E-state index in [1.807, 2.05) is 48.8 Å². The van der Waals surface area contributed by atoms with Crippen LogP contribution in [-0.4, -0.2) is 41.2 Å². The van der Waals surface area contributed by atoms with Gasteiger partial charge < -0.3 is 15.3 Å². The minimum atomic E-state index is -0.388. The normalized spacial score (nSPS) is 18.8. The molecule has 2 heterocycles. The lowest BCUT2D eigenvalue weighted by Gasteiger charge is -2.33. The molecule has 0 amide bonds. The predicted molar refractivity (Wildman–Crippen MR) is 101 cm³/mol. The van der Waals surface area contributed by atoms with Gasteiger partial charge >= 0.3 is 0 Å². The number of likely N-dealkylation sites (tertiary alicyclic amines) is 1. The molecule has 1 aromatic heterocycles. The van der Waals surface area contributed by atoms with Crippen molar-refractivity contribution >= 4 is 0 Å². The summed E-state index contributed by atoms with van der Waals surface area (Å²) in [6.07, 6.45) is 5.74. The third-order valence-corrected chi connectivity index (χ3v) is 5.22. The van der Waals surface area contributed by atoms with Crippen LogP contribution >= 0.6 is 0 Å². The smallest absolute Gasteiger partial charge is 0.0916 e. The van der Waals surface area contributed by atoms with Crippen LogP contribution in [0.15, 0.2) is 54.9 Å². The van der Waals surface area contributed by atoms with E-state index in [1.54, 1.807) is 0 Å². The van der Waals surface area contributed by atoms with Gasteiger partial charge in [0.15, 0.2) is 0 Å². The molecule has 0 spiro atoms. The van der Waals surface area contributed by atoms with Crippen LogP contribution in [0.5, 0.6) is 0 Å². The van der Waals surface area contributed by atoms with Gasteiger partial charge in [0.25, 0.3) is 0 Å². The average Bonchev–Trinajstić information content (AvgIpc) is 2.68. The Labute approximate surface area is 150 Å². The minimum absolute atomic E-state index is 0.339. The zero-order chi connectivity index (χ0) is 17.5. The lowest BCUT2D eigenvalue weighted by atomic mass is 9.95. The van der Waals surface area contributed by atoms with Crippen molar-refractivity contribution in [3.8, 4) is 0 Å². The van der Waals surface area contributed by atoms with Gasteiger partial charge in [0.2, 0.25) is 0 Å². The average molecular weight is 339 g/mol. The maximum absolute atomic E-state index is 10.4. The van der Waals surface area contributed by atoms with Gasteiger partial charge in [-0.3, -0.25) is 4.98 Å². The zero-order valence-corrected chi connectivity index (χ0v) is 15.0. The molecule has 4 heteroatoms. The number of hydrogen-bond acceptors (Lipinski definition) is 4. The second kappa shape index (κ2) is 9.09. The van der Waals surface area contributed by atoms with Gasteiger partial charge in [-0.25, -0.2) is 0 Å². The van der Waals surface area contributed by atoms with Gasteiger partial charge in [0, 0.05) is 25.0 Å². The highest BCUT2D eigenvalue weighted by Crippen LogP contribution is 2.21. The van der Waals surface area contributed by atoms with E-state index in [2.05, 4.69) is 28.2 Å². The Hall–Kier alpha value is -1.75. The fourth-order valence-electron chi connectivity index (χ4n) is 3.49. The van der Waals surface area contributed by atoms with E-state index >= 15 is 0 Å². The van der Waals surface area contributed by atoms with Crippen LogP contribution < -0.4 is 5.32 Å².